The maximum Gasteiger partial charge on any atom is 0.410 e. The van der Waals surface area contributed by atoms with Gasteiger partial charge in [-0.15, -0.1) is 0 Å². The van der Waals surface area contributed by atoms with Crippen molar-refractivity contribution in [3.63, 3.8) is 0 Å². The zero-order valence-corrected chi connectivity index (χ0v) is 17.9. The first-order valence-electron chi connectivity index (χ1n) is 12.2. The molecule has 0 aliphatic carbocycles. The summed E-state index contributed by atoms with van der Waals surface area (Å²) in [6.07, 6.45) is 2.96. The highest BCUT2D eigenvalue weighted by Crippen LogP contribution is 2.40. The van der Waals surface area contributed by atoms with Crippen LogP contribution in [0.4, 0.5) is 4.79 Å². The molecule has 1 N–H and O–H groups in total. The summed E-state index contributed by atoms with van der Waals surface area (Å²) < 4.78 is 33.2. The maximum absolute atomic E-state index is 12.7. The first-order valence-corrected chi connectivity index (χ1v) is 10.7. The van der Waals surface area contributed by atoms with E-state index in [1.54, 1.807) is 6.07 Å². The van der Waals surface area contributed by atoms with Crippen molar-refractivity contribution in [1.82, 2.24) is 15.1 Å². The number of piperazine rings is 1. The molecular formula is C23H35N3O3. The number of carbonyl (C=O) groups excluding carboxylic acids is 1. The molecule has 6 nitrogen and oxygen atoms in total. The van der Waals surface area contributed by atoms with Gasteiger partial charge >= 0.3 is 6.09 Å². The van der Waals surface area contributed by atoms with Gasteiger partial charge in [0.2, 0.25) is 0 Å². The second-order valence-corrected chi connectivity index (χ2v) is 9.58. The molecule has 1 amide bonds. The highest BCUT2D eigenvalue weighted by Gasteiger charge is 2.48. The van der Waals surface area contributed by atoms with Gasteiger partial charge in [0, 0.05) is 37.3 Å². The monoisotopic (exact) mass is 404 g/mol. The molecule has 160 valence electrons. The SMILES string of the molecule is [2H]C([2H])([2H])Oc1cccc([C@@H]2NCC[C@@H]2N2C3CCC2CN(C(=O)OC(C)(C)C)C3)c1C. The Balaban J connectivity index is 1.52. The number of nitrogens with zero attached hydrogens (tertiary/aromatic N) is 2. The molecule has 0 aromatic heterocycles. The van der Waals surface area contributed by atoms with Crippen molar-refractivity contribution in [2.75, 3.05) is 26.7 Å². The molecule has 4 atom stereocenters. The van der Waals surface area contributed by atoms with Crippen molar-refractivity contribution in [2.24, 2.45) is 0 Å². The van der Waals surface area contributed by atoms with Gasteiger partial charge < -0.3 is 19.7 Å². The van der Waals surface area contributed by atoms with Crippen molar-refractivity contribution in [2.45, 2.75) is 76.7 Å². The number of amides is 1. The van der Waals surface area contributed by atoms with Gasteiger partial charge in [-0.05, 0) is 70.7 Å². The number of likely N-dealkylation sites (tertiary alicyclic amines) is 1. The van der Waals surface area contributed by atoms with E-state index < -0.39 is 12.6 Å². The molecular weight excluding hydrogens is 366 g/mol. The van der Waals surface area contributed by atoms with E-state index >= 15 is 0 Å². The van der Waals surface area contributed by atoms with Crippen molar-refractivity contribution >= 4 is 6.09 Å². The van der Waals surface area contributed by atoms with Gasteiger partial charge in [0.25, 0.3) is 0 Å². The Morgan fingerprint density at radius 3 is 2.59 bits per heavy atom. The molecule has 0 radical (unpaired) electrons. The van der Waals surface area contributed by atoms with Gasteiger partial charge in [0.15, 0.2) is 0 Å². The van der Waals surface area contributed by atoms with Gasteiger partial charge in [-0.2, -0.15) is 0 Å². The van der Waals surface area contributed by atoms with Gasteiger partial charge in [-0.3, -0.25) is 4.90 Å². The van der Waals surface area contributed by atoms with Crippen LogP contribution in [0.1, 0.15) is 61.3 Å². The normalized spacial score (nSPS) is 31.9. The van der Waals surface area contributed by atoms with E-state index in [1.165, 1.54) is 0 Å². The largest absolute Gasteiger partial charge is 0.496 e. The minimum absolute atomic E-state index is 0.103. The van der Waals surface area contributed by atoms with Crippen molar-refractivity contribution < 1.29 is 18.4 Å². The molecule has 3 fully saturated rings. The van der Waals surface area contributed by atoms with Crippen molar-refractivity contribution in [3.8, 4) is 5.75 Å². The number of carbonyl (C=O) groups is 1. The highest BCUT2D eigenvalue weighted by molar-refractivity contribution is 5.68. The van der Waals surface area contributed by atoms with Crippen LogP contribution in [-0.2, 0) is 4.74 Å². The maximum atomic E-state index is 12.7. The Morgan fingerprint density at radius 1 is 1.21 bits per heavy atom. The summed E-state index contributed by atoms with van der Waals surface area (Å²) in [5.41, 5.74) is 1.46. The topological polar surface area (TPSA) is 54.0 Å². The number of hydrogen-bond acceptors (Lipinski definition) is 5. The summed E-state index contributed by atoms with van der Waals surface area (Å²) in [5, 5.41) is 3.64. The third-order valence-corrected chi connectivity index (χ3v) is 6.53. The average molecular weight is 405 g/mol. The summed E-state index contributed by atoms with van der Waals surface area (Å²) in [5.74, 6) is 0.410. The van der Waals surface area contributed by atoms with E-state index in [2.05, 4.69) is 16.3 Å². The molecule has 3 aliphatic rings. The van der Waals surface area contributed by atoms with E-state index in [-0.39, 0.29) is 12.1 Å². The highest BCUT2D eigenvalue weighted by atomic mass is 16.6. The first-order chi connectivity index (χ1) is 14.9. The first kappa shape index (κ1) is 16.9. The smallest absolute Gasteiger partial charge is 0.410 e. The number of methoxy groups -OCH3 is 1. The van der Waals surface area contributed by atoms with E-state index in [4.69, 9.17) is 13.6 Å². The quantitative estimate of drug-likeness (QED) is 0.836. The van der Waals surface area contributed by atoms with Crippen LogP contribution in [0, 0.1) is 6.92 Å². The molecule has 1 aromatic carbocycles. The number of rotatable bonds is 3. The molecule has 1 aromatic rings. The van der Waals surface area contributed by atoms with Crippen molar-refractivity contribution in [3.05, 3.63) is 29.3 Å². The van der Waals surface area contributed by atoms with Gasteiger partial charge in [0.05, 0.1) is 11.2 Å². The van der Waals surface area contributed by atoms with Gasteiger partial charge in [-0.1, -0.05) is 12.1 Å². The fraction of sp³-hybridized carbons (Fsp3) is 0.696. The lowest BCUT2D eigenvalue weighted by molar-refractivity contribution is -0.00977. The van der Waals surface area contributed by atoms with Crippen LogP contribution in [0.3, 0.4) is 0 Å². The molecule has 29 heavy (non-hydrogen) atoms. The Labute approximate surface area is 178 Å². The Morgan fingerprint density at radius 2 is 1.93 bits per heavy atom. The van der Waals surface area contributed by atoms with Crippen LogP contribution in [-0.4, -0.2) is 66.3 Å². The lowest BCUT2D eigenvalue weighted by atomic mass is 9.93. The second-order valence-electron chi connectivity index (χ2n) is 9.58. The predicted molar refractivity (Wildman–Crippen MR) is 113 cm³/mol. The Hall–Kier alpha value is -1.79. The van der Waals surface area contributed by atoms with Crippen LogP contribution in [0.25, 0.3) is 0 Å². The molecule has 0 saturated carbocycles. The molecule has 4 rings (SSSR count). The molecule has 3 heterocycles. The number of ether oxygens (including phenoxy) is 2. The third kappa shape index (κ3) is 3.97. The lowest BCUT2D eigenvalue weighted by Gasteiger charge is -2.45. The van der Waals surface area contributed by atoms with E-state index in [0.29, 0.717) is 37.0 Å². The van der Waals surface area contributed by atoms with Gasteiger partial charge in [-0.25, -0.2) is 4.79 Å². The summed E-state index contributed by atoms with van der Waals surface area (Å²) in [4.78, 5) is 17.1. The number of fused-ring (bicyclic) bond motifs is 2. The fourth-order valence-electron chi connectivity index (χ4n) is 5.36. The van der Waals surface area contributed by atoms with Gasteiger partial charge in [0.1, 0.15) is 11.4 Å². The summed E-state index contributed by atoms with van der Waals surface area (Å²) >= 11 is 0. The summed E-state index contributed by atoms with van der Waals surface area (Å²) in [7, 11) is -2.47. The number of hydrogen-bond donors (Lipinski definition) is 1. The van der Waals surface area contributed by atoms with Crippen molar-refractivity contribution in [1.29, 1.82) is 0 Å². The lowest BCUT2D eigenvalue weighted by Crippen LogP contribution is -2.59. The van der Waals surface area contributed by atoms with E-state index in [1.807, 2.05) is 38.7 Å². The van der Waals surface area contributed by atoms with Crippen LogP contribution in [0.2, 0.25) is 0 Å². The van der Waals surface area contributed by atoms with Crippen LogP contribution >= 0.6 is 0 Å². The molecule has 3 saturated heterocycles. The molecule has 6 heteroatoms. The second kappa shape index (κ2) is 7.80. The van der Waals surface area contributed by atoms with Crippen LogP contribution < -0.4 is 10.1 Å². The Bertz CT molecular complexity index is 841. The fourth-order valence-corrected chi connectivity index (χ4v) is 5.36. The average Bonchev–Trinajstić information content (AvgIpc) is 3.22. The van der Waals surface area contributed by atoms with Crippen LogP contribution in [0.5, 0.6) is 5.75 Å². The minimum atomic E-state index is -2.47. The zero-order valence-electron chi connectivity index (χ0n) is 20.9. The summed E-state index contributed by atoms with van der Waals surface area (Å²) in [6.45, 7) is 9.92. The summed E-state index contributed by atoms with van der Waals surface area (Å²) in [6, 6.07) is 6.69. The Kier molecular flexibility index (Phi) is 4.56. The number of nitrogens with one attached hydrogen (secondary N) is 1. The predicted octanol–water partition coefficient (Wildman–Crippen LogP) is 3.49. The zero-order chi connectivity index (χ0) is 23.3. The molecule has 2 bridgehead atoms. The molecule has 2 unspecified atom stereocenters. The molecule has 3 aliphatic heterocycles. The standard InChI is InChI=1S/C23H35N3O3/c1-15-18(7-6-8-20(15)28-5)21-19(11-12-24-21)26-16-9-10-17(26)14-25(13-16)22(27)29-23(2,3)4/h6-8,16-17,19,21,24H,9-14H2,1-5H3/t16?,17?,19-,21-/m0/s1/i5D3. The van der Waals surface area contributed by atoms with E-state index in [0.717, 1.165) is 36.9 Å². The minimum Gasteiger partial charge on any atom is -0.496 e. The molecule has 0 spiro atoms. The third-order valence-electron chi connectivity index (χ3n) is 6.53. The number of benzene rings is 1. The van der Waals surface area contributed by atoms with Crippen LogP contribution in [0.15, 0.2) is 18.2 Å². The van der Waals surface area contributed by atoms with E-state index in [9.17, 15) is 4.79 Å².